The molecule has 11 nitrogen and oxygen atoms in total. The maximum absolute atomic E-state index is 12.4. The van der Waals surface area contributed by atoms with Gasteiger partial charge in [-0.15, -0.1) is 0 Å². The molecule has 1 heterocycles. The fourth-order valence-electron chi connectivity index (χ4n) is 3.36. The van der Waals surface area contributed by atoms with Crippen molar-refractivity contribution in [2.24, 2.45) is 5.92 Å². The Morgan fingerprint density at radius 1 is 0.938 bits per heavy atom. The number of carboxylic acid groups (broad SMARTS) is 1. The van der Waals surface area contributed by atoms with E-state index in [9.17, 15) is 24.0 Å². The molecule has 11 heteroatoms. The van der Waals surface area contributed by atoms with Gasteiger partial charge in [-0.25, -0.2) is 9.59 Å². The Morgan fingerprint density at radius 2 is 1.50 bits per heavy atom. The second-order valence-electron chi connectivity index (χ2n) is 7.11. The minimum atomic E-state index is -1.44. The number of benzene rings is 1. The summed E-state index contributed by atoms with van der Waals surface area (Å²) >= 11 is 0. The van der Waals surface area contributed by atoms with Gasteiger partial charge >= 0.3 is 23.9 Å². The van der Waals surface area contributed by atoms with E-state index in [4.69, 9.17) is 28.8 Å². The van der Waals surface area contributed by atoms with Crippen LogP contribution in [0.4, 0.5) is 0 Å². The molecule has 0 amide bonds. The lowest BCUT2D eigenvalue weighted by molar-refractivity contribution is -0.268. The van der Waals surface area contributed by atoms with E-state index in [1.807, 2.05) is 0 Å². The lowest BCUT2D eigenvalue weighted by Crippen LogP contribution is -2.61. The average molecular weight is 452 g/mol. The first-order valence-corrected chi connectivity index (χ1v) is 9.60. The molecule has 0 spiro atoms. The number of ether oxygens (including phenoxy) is 5. The van der Waals surface area contributed by atoms with Crippen molar-refractivity contribution >= 4 is 29.7 Å². The Labute approximate surface area is 183 Å². The number of rotatable bonds is 8. The van der Waals surface area contributed by atoms with Gasteiger partial charge in [0, 0.05) is 26.2 Å². The first-order chi connectivity index (χ1) is 15.0. The predicted molar refractivity (Wildman–Crippen MR) is 105 cm³/mol. The van der Waals surface area contributed by atoms with Crippen LogP contribution in [0.25, 0.3) is 0 Å². The van der Waals surface area contributed by atoms with E-state index in [2.05, 4.69) is 0 Å². The summed E-state index contributed by atoms with van der Waals surface area (Å²) in [5.41, 5.74) is 0.00481. The van der Waals surface area contributed by atoms with Crippen molar-refractivity contribution < 1.29 is 52.8 Å². The van der Waals surface area contributed by atoms with Crippen LogP contribution in [0.2, 0.25) is 0 Å². The lowest BCUT2D eigenvalue weighted by Gasteiger charge is -2.43. The SMILES string of the molecule is COC(=O)[C@H]1O[C@@H](Oc2ccc(C(=O)O)cc2)[C@H](OC(C)=O)[C@@H](OC(C)=O)[C@@H]1CC(C)=O. The smallest absolute Gasteiger partial charge is 0.335 e. The summed E-state index contributed by atoms with van der Waals surface area (Å²) < 4.78 is 26.9. The van der Waals surface area contributed by atoms with Crippen LogP contribution in [0.15, 0.2) is 24.3 Å². The summed E-state index contributed by atoms with van der Waals surface area (Å²) in [6.45, 7) is 3.53. The van der Waals surface area contributed by atoms with Crippen LogP contribution >= 0.6 is 0 Å². The molecule has 0 aromatic heterocycles. The standard InChI is InChI=1S/C21H24O11/c1-10(22)9-15-16(29-11(2)23)18(30-12(3)24)21(32-17(15)20(27)28-4)31-14-7-5-13(6-8-14)19(25)26/h5-8,15-18,21H,9H2,1-4H3,(H,25,26)/t15-,16-,17-,18+,21+/m0/s1. The number of aromatic carboxylic acids is 1. The highest BCUT2D eigenvalue weighted by Gasteiger charge is 2.54. The third-order valence-electron chi connectivity index (χ3n) is 4.60. The molecule has 0 radical (unpaired) electrons. The van der Waals surface area contributed by atoms with Crippen molar-refractivity contribution in [2.75, 3.05) is 7.11 Å². The van der Waals surface area contributed by atoms with Crippen LogP contribution in [0, 0.1) is 5.92 Å². The van der Waals surface area contributed by atoms with Gasteiger partial charge in [-0.2, -0.15) is 0 Å². The van der Waals surface area contributed by atoms with Crippen molar-refractivity contribution in [3.8, 4) is 5.75 Å². The van der Waals surface area contributed by atoms with Gasteiger partial charge in [0.1, 0.15) is 11.5 Å². The molecule has 0 aliphatic carbocycles. The average Bonchev–Trinajstić information content (AvgIpc) is 2.70. The quantitative estimate of drug-likeness (QED) is 0.446. The second kappa shape index (κ2) is 10.7. The lowest BCUT2D eigenvalue weighted by atomic mass is 9.84. The van der Waals surface area contributed by atoms with Crippen LogP contribution < -0.4 is 4.74 Å². The summed E-state index contributed by atoms with van der Waals surface area (Å²) in [6.07, 6.45) is -5.63. The molecular formula is C21H24O11. The van der Waals surface area contributed by atoms with Crippen LogP contribution in [-0.2, 0) is 38.1 Å². The van der Waals surface area contributed by atoms with Crippen molar-refractivity contribution in [1.29, 1.82) is 0 Å². The van der Waals surface area contributed by atoms with Crippen LogP contribution in [0.5, 0.6) is 5.75 Å². The van der Waals surface area contributed by atoms with Crippen LogP contribution in [0.3, 0.4) is 0 Å². The largest absolute Gasteiger partial charge is 0.478 e. The number of methoxy groups -OCH3 is 1. The summed E-state index contributed by atoms with van der Waals surface area (Å²) in [7, 11) is 1.12. The monoisotopic (exact) mass is 452 g/mol. The van der Waals surface area contributed by atoms with E-state index in [-0.39, 0.29) is 23.5 Å². The zero-order chi connectivity index (χ0) is 24.0. The molecule has 1 aliphatic heterocycles. The second-order valence-corrected chi connectivity index (χ2v) is 7.11. The maximum atomic E-state index is 12.4. The van der Waals surface area contributed by atoms with Gasteiger partial charge in [-0.3, -0.25) is 9.59 Å². The van der Waals surface area contributed by atoms with Gasteiger partial charge in [-0.05, 0) is 31.2 Å². The highest BCUT2D eigenvalue weighted by atomic mass is 16.7. The minimum absolute atomic E-state index is 0.00481. The molecule has 0 saturated carbocycles. The van der Waals surface area contributed by atoms with E-state index in [1.165, 1.54) is 31.2 Å². The van der Waals surface area contributed by atoms with E-state index < -0.39 is 54.4 Å². The molecular weight excluding hydrogens is 428 g/mol. The first-order valence-electron chi connectivity index (χ1n) is 9.60. The molecule has 1 N–H and O–H groups in total. The minimum Gasteiger partial charge on any atom is -0.478 e. The van der Waals surface area contributed by atoms with E-state index >= 15 is 0 Å². The molecule has 5 atom stereocenters. The molecule has 1 fully saturated rings. The molecule has 1 aromatic carbocycles. The summed E-state index contributed by atoms with van der Waals surface area (Å²) in [4.78, 5) is 58.9. The van der Waals surface area contributed by atoms with Gasteiger partial charge in [0.25, 0.3) is 0 Å². The van der Waals surface area contributed by atoms with Gasteiger partial charge in [0.2, 0.25) is 12.4 Å². The number of ketones is 1. The van der Waals surface area contributed by atoms with E-state index in [0.29, 0.717) is 0 Å². The Morgan fingerprint density at radius 3 is 1.97 bits per heavy atom. The maximum Gasteiger partial charge on any atom is 0.335 e. The third kappa shape index (κ3) is 6.27. The molecule has 0 bridgehead atoms. The Kier molecular flexibility index (Phi) is 8.30. The molecule has 2 rings (SSSR count). The number of Topliss-reactive ketones (excluding diaryl/α,β-unsaturated/α-hetero) is 1. The Balaban J connectivity index is 2.47. The molecule has 1 aliphatic rings. The zero-order valence-electron chi connectivity index (χ0n) is 17.9. The van der Waals surface area contributed by atoms with Crippen molar-refractivity contribution in [1.82, 2.24) is 0 Å². The highest BCUT2D eigenvalue weighted by molar-refractivity contribution is 5.87. The van der Waals surface area contributed by atoms with Gasteiger partial charge in [0.15, 0.2) is 12.2 Å². The molecule has 174 valence electrons. The van der Waals surface area contributed by atoms with Gasteiger partial charge < -0.3 is 33.6 Å². The number of hydrogen-bond acceptors (Lipinski definition) is 10. The fourth-order valence-corrected chi connectivity index (χ4v) is 3.36. The van der Waals surface area contributed by atoms with Gasteiger partial charge in [-0.1, -0.05) is 0 Å². The van der Waals surface area contributed by atoms with Crippen LogP contribution in [0.1, 0.15) is 37.6 Å². The fraction of sp³-hybridized carbons (Fsp3) is 0.476. The Hall–Kier alpha value is -3.47. The number of carbonyl (C=O) groups excluding carboxylic acids is 4. The third-order valence-corrected chi connectivity index (χ3v) is 4.60. The summed E-state index contributed by atoms with van der Waals surface area (Å²) in [5, 5.41) is 9.03. The molecule has 32 heavy (non-hydrogen) atoms. The van der Waals surface area contributed by atoms with Crippen molar-refractivity contribution in [2.45, 2.75) is 51.8 Å². The van der Waals surface area contributed by atoms with Crippen molar-refractivity contribution in [3.63, 3.8) is 0 Å². The van der Waals surface area contributed by atoms with Crippen LogP contribution in [-0.4, -0.2) is 66.5 Å². The van der Waals surface area contributed by atoms with Gasteiger partial charge in [0.05, 0.1) is 12.7 Å². The zero-order valence-corrected chi connectivity index (χ0v) is 17.9. The summed E-state index contributed by atoms with van der Waals surface area (Å²) in [6, 6.07) is 5.24. The molecule has 1 aromatic rings. The highest BCUT2D eigenvalue weighted by Crippen LogP contribution is 2.35. The number of hydrogen-bond donors (Lipinski definition) is 1. The van der Waals surface area contributed by atoms with E-state index in [1.54, 1.807) is 0 Å². The summed E-state index contributed by atoms with van der Waals surface area (Å²) in [5.74, 6) is -4.68. The topological polar surface area (TPSA) is 152 Å². The molecule has 1 saturated heterocycles. The predicted octanol–water partition coefficient (Wildman–Crippen LogP) is 1.12. The Bertz CT molecular complexity index is 876. The van der Waals surface area contributed by atoms with Crippen molar-refractivity contribution in [3.05, 3.63) is 29.8 Å². The first kappa shape index (κ1) is 24.8. The normalized spacial score (nSPS) is 24.7. The number of carboxylic acids is 1. The van der Waals surface area contributed by atoms with E-state index in [0.717, 1.165) is 21.0 Å². The molecule has 0 unspecified atom stereocenters. The number of carbonyl (C=O) groups is 5. The number of esters is 3.